The summed E-state index contributed by atoms with van der Waals surface area (Å²) in [5.41, 5.74) is -1.41. The minimum Gasteiger partial charge on any atom is -0.503 e. The van der Waals surface area contributed by atoms with Crippen molar-refractivity contribution < 1.29 is 23.5 Å². The lowest BCUT2D eigenvalue weighted by molar-refractivity contribution is -0.0338. The predicted molar refractivity (Wildman–Crippen MR) is 125 cm³/mol. The van der Waals surface area contributed by atoms with E-state index in [1.165, 1.54) is 16.8 Å². The van der Waals surface area contributed by atoms with Crippen LogP contribution in [0, 0.1) is 17.6 Å². The molecular formula is C25H30F2N4O4. The van der Waals surface area contributed by atoms with Crippen LogP contribution in [0.2, 0.25) is 0 Å². The average molecular weight is 489 g/mol. The highest BCUT2D eigenvalue weighted by atomic mass is 19.1. The van der Waals surface area contributed by atoms with Crippen molar-refractivity contribution in [2.45, 2.75) is 58.9 Å². The fraction of sp³-hybridized carbons (Fsp3) is 0.480. The van der Waals surface area contributed by atoms with Crippen LogP contribution in [0.1, 0.15) is 60.0 Å². The first-order valence-electron chi connectivity index (χ1n) is 11.8. The molecule has 2 atom stereocenters. The van der Waals surface area contributed by atoms with Gasteiger partial charge in [-0.2, -0.15) is 0 Å². The molecule has 1 aromatic carbocycles. The Morgan fingerprint density at radius 2 is 2.00 bits per heavy atom. The van der Waals surface area contributed by atoms with Crippen LogP contribution >= 0.6 is 0 Å². The number of hydrogen-bond donors (Lipinski definition) is 2. The number of nitrogens with zero attached hydrogens (tertiary/aromatic N) is 3. The Hall–Kier alpha value is -3.27. The molecule has 35 heavy (non-hydrogen) atoms. The molecule has 188 valence electrons. The lowest BCUT2D eigenvalue weighted by Crippen LogP contribution is -2.63. The summed E-state index contributed by atoms with van der Waals surface area (Å²) in [7, 11) is 0. The molecule has 0 saturated carbocycles. The van der Waals surface area contributed by atoms with Gasteiger partial charge in [-0.05, 0) is 31.7 Å². The lowest BCUT2D eigenvalue weighted by Gasteiger charge is -2.50. The molecule has 2 aliphatic heterocycles. The van der Waals surface area contributed by atoms with E-state index in [9.17, 15) is 28.3 Å². The summed E-state index contributed by atoms with van der Waals surface area (Å²) in [6.07, 6.45) is 2.76. The molecule has 2 aromatic rings. The molecular weight excluding hydrogens is 458 g/mol. The molecule has 1 saturated heterocycles. The second-order valence-electron chi connectivity index (χ2n) is 9.69. The highest BCUT2D eigenvalue weighted by Crippen LogP contribution is 2.31. The van der Waals surface area contributed by atoms with Gasteiger partial charge in [0, 0.05) is 43.5 Å². The van der Waals surface area contributed by atoms with Crippen LogP contribution in [0.15, 0.2) is 29.2 Å². The number of hydrogen-bond acceptors (Lipinski definition) is 5. The first-order valence-corrected chi connectivity index (χ1v) is 11.8. The summed E-state index contributed by atoms with van der Waals surface area (Å²) in [4.78, 5) is 42.9. The standard InChI is InChI=1S/C25H30F2N4O4/c1-14(2)6-8-29-9-7-15(3)31-20(29)13-30-12-18(22(32)23(33)21(30)25(31)35)24(34)28-11-16-4-5-17(26)10-19(16)27/h4-5,10,12,14-15,20,33H,6-9,11,13H2,1-3H3,(H,28,34)/t15-,20+/m1/s1. The normalized spacial score (nSPS) is 20.1. The molecule has 0 aliphatic carbocycles. The topological polar surface area (TPSA) is 94.9 Å². The highest BCUT2D eigenvalue weighted by Gasteiger charge is 2.43. The fourth-order valence-corrected chi connectivity index (χ4v) is 4.75. The maximum absolute atomic E-state index is 13.9. The Balaban J connectivity index is 1.62. The van der Waals surface area contributed by atoms with Crippen molar-refractivity contribution in [2.24, 2.45) is 5.92 Å². The number of fused-ring (bicyclic) bond motifs is 2. The largest absolute Gasteiger partial charge is 0.503 e. The van der Waals surface area contributed by atoms with Gasteiger partial charge in [0.2, 0.25) is 5.43 Å². The molecule has 3 heterocycles. The molecule has 1 aromatic heterocycles. The number of carbonyl (C=O) groups excluding carboxylic acids is 2. The second-order valence-corrected chi connectivity index (χ2v) is 9.69. The first-order chi connectivity index (χ1) is 16.6. The summed E-state index contributed by atoms with van der Waals surface area (Å²) < 4.78 is 28.5. The number of rotatable bonds is 6. The lowest BCUT2D eigenvalue weighted by atomic mass is 10.0. The zero-order valence-electron chi connectivity index (χ0n) is 20.1. The predicted octanol–water partition coefficient (Wildman–Crippen LogP) is 2.68. The van der Waals surface area contributed by atoms with Crippen LogP contribution in [0.3, 0.4) is 0 Å². The van der Waals surface area contributed by atoms with Crippen LogP contribution in [-0.2, 0) is 13.1 Å². The van der Waals surface area contributed by atoms with Crippen molar-refractivity contribution in [3.63, 3.8) is 0 Å². The summed E-state index contributed by atoms with van der Waals surface area (Å²) in [5.74, 6) is -3.12. The van der Waals surface area contributed by atoms with E-state index in [0.717, 1.165) is 32.0 Å². The molecule has 2 aliphatic rings. The Morgan fingerprint density at radius 1 is 1.26 bits per heavy atom. The Kier molecular flexibility index (Phi) is 6.93. The summed E-state index contributed by atoms with van der Waals surface area (Å²) >= 11 is 0. The van der Waals surface area contributed by atoms with Crippen LogP contribution in [-0.4, -0.2) is 56.6 Å². The smallest absolute Gasteiger partial charge is 0.276 e. The van der Waals surface area contributed by atoms with E-state index in [2.05, 4.69) is 24.1 Å². The number of amides is 2. The molecule has 0 spiro atoms. The van der Waals surface area contributed by atoms with Gasteiger partial charge in [-0.3, -0.25) is 19.3 Å². The first kappa shape index (κ1) is 24.8. The van der Waals surface area contributed by atoms with Crippen molar-refractivity contribution in [1.82, 2.24) is 19.7 Å². The van der Waals surface area contributed by atoms with Gasteiger partial charge in [-0.25, -0.2) is 8.78 Å². The van der Waals surface area contributed by atoms with Crippen LogP contribution < -0.4 is 10.7 Å². The summed E-state index contributed by atoms with van der Waals surface area (Å²) in [6, 6.07) is 2.91. The SMILES string of the molecule is CC(C)CCN1CC[C@@H](C)N2C(=O)c3c(O)c(=O)c(C(=O)NCc4ccc(F)cc4F)cn3C[C@@H]12. The molecule has 10 heteroatoms. The molecule has 1 fully saturated rings. The van der Waals surface area contributed by atoms with Crippen molar-refractivity contribution in [2.75, 3.05) is 13.1 Å². The summed E-state index contributed by atoms with van der Waals surface area (Å²) in [5, 5.41) is 13.1. The van der Waals surface area contributed by atoms with Gasteiger partial charge in [0.15, 0.2) is 11.4 Å². The van der Waals surface area contributed by atoms with Crippen molar-refractivity contribution in [1.29, 1.82) is 0 Å². The zero-order valence-corrected chi connectivity index (χ0v) is 20.1. The van der Waals surface area contributed by atoms with E-state index >= 15 is 0 Å². The molecule has 2 amide bonds. The zero-order chi connectivity index (χ0) is 25.4. The van der Waals surface area contributed by atoms with Crippen LogP contribution in [0.4, 0.5) is 8.78 Å². The number of halogens is 2. The fourth-order valence-electron chi connectivity index (χ4n) is 4.75. The van der Waals surface area contributed by atoms with Crippen molar-refractivity contribution in [3.8, 4) is 5.75 Å². The molecule has 8 nitrogen and oxygen atoms in total. The number of aromatic hydroxyl groups is 1. The van der Waals surface area contributed by atoms with Gasteiger partial charge in [0.1, 0.15) is 23.4 Å². The quantitative estimate of drug-likeness (QED) is 0.652. The third-order valence-corrected chi connectivity index (χ3v) is 6.80. The summed E-state index contributed by atoms with van der Waals surface area (Å²) in [6.45, 7) is 7.87. The van der Waals surface area contributed by atoms with Crippen LogP contribution in [0.25, 0.3) is 0 Å². The molecule has 4 rings (SSSR count). The number of benzene rings is 1. The van der Waals surface area contributed by atoms with E-state index in [1.807, 2.05) is 6.92 Å². The second kappa shape index (κ2) is 9.77. The number of carbonyl (C=O) groups is 2. The van der Waals surface area contributed by atoms with E-state index in [-0.39, 0.29) is 35.6 Å². The van der Waals surface area contributed by atoms with Gasteiger partial charge < -0.3 is 19.9 Å². The molecule has 2 N–H and O–H groups in total. The van der Waals surface area contributed by atoms with Gasteiger partial charge >= 0.3 is 0 Å². The Bertz CT molecular complexity index is 1210. The molecule has 0 unspecified atom stereocenters. The van der Waals surface area contributed by atoms with E-state index < -0.39 is 34.6 Å². The van der Waals surface area contributed by atoms with Gasteiger partial charge in [0.25, 0.3) is 11.8 Å². The Labute approximate surface area is 202 Å². The van der Waals surface area contributed by atoms with Crippen molar-refractivity contribution in [3.05, 3.63) is 63.1 Å². The van der Waals surface area contributed by atoms with E-state index in [4.69, 9.17) is 0 Å². The third kappa shape index (κ3) is 4.80. The molecule has 0 radical (unpaired) electrons. The number of aromatic nitrogens is 1. The van der Waals surface area contributed by atoms with E-state index in [0.29, 0.717) is 18.5 Å². The van der Waals surface area contributed by atoms with Gasteiger partial charge in [-0.1, -0.05) is 19.9 Å². The van der Waals surface area contributed by atoms with Gasteiger partial charge in [-0.15, -0.1) is 0 Å². The minimum atomic E-state index is -0.971. The maximum atomic E-state index is 13.9. The number of nitrogens with one attached hydrogen (secondary N) is 1. The van der Waals surface area contributed by atoms with Gasteiger partial charge in [0.05, 0.1) is 6.54 Å². The monoisotopic (exact) mass is 488 g/mol. The van der Waals surface area contributed by atoms with Crippen molar-refractivity contribution >= 4 is 11.8 Å². The maximum Gasteiger partial charge on any atom is 0.276 e. The highest BCUT2D eigenvalue weighted by molar-refractivity contribution is 5.99. The Morgan fingerprint density at radius 3 is 2.69 bits per heavy atom. The van der Waals surface area contributed by atoms with E-state index in [1.54, 1.807) is 4.90 Å². The van der Waals surface area contributed by atoms with Crippen LogP contribution in [0.5, 0.6) is 5.75 Å². The third-order valence-electron chi connectivity index (χ3n) is 6.80. The average Bonchev–Trinajstić information content (AvgIpc) is 2.79. The number of pyridine rings is 1. The molecule has 0 bridgehead atoms. The minimum absolute atomic E-state index is 0.0461.